The third kappa shape index (κ3) is 3.80. The monoisotopic (exact) mass is 476 g/mol. The molecular weight excluding hydrogens is 459 g/mol. The molecule has 0 bridgehead atoms. The number of nitrogens with one attached hydrogen (secondary N) is 1. The number of ketones is 1. The van der Waals surface area contributed by atoms with Gasteiger partial charge in [0, 0.05) is 23.8 Å². The highest BCUT2D eigenvalue weighted by atomic mass is 19.4. The highest BCUT2D eigenvalue weighted by molar-refractivity contribution is 6.00. The average molecular weight is 476 g/mol. The second-order valence-corrected chi connectivity index (χ2v) is 8.13. The Morgan fingerprint density at radius 3 is 2.32 bits per heavy atom. The van der Waals surface area contributed by atoms with E-state index in [2.05, 4.69) is 15.4 Å². The predicted molar refractivity (Wildman–Crippen MR) is 110 cm³/mol. The van der Waals surface area contributed by atoms with Gasteiger partial charge in [-0.25, -0.2) is 13.5 Å². The summed E-state index contributed by atoms with van der Waals surface area (Å²) in [5.41, 5.74) is 1.27. The first kappa shape index (κ1) is 22.1. The average Bonchev–Trinajstić information content (AvgIpc) is 3.21. The molecule has 2 atom stereocenters. The fraction of sp³-hybridized carbons (Fsp3) is 0.261. The zero-order chi connectivity index (χ0) is 24.2. The van der Waals surface area contributed by atoms with Crippen LogP contribution in [0.15, 0.2) is 53.7 Å². The quantitative estimate of drug-likeness (QED) is 0.539. The van der Waals surface area contributed by atoms with Gasteiger partial charge in [-0.05, 0) is 47.7 Å². The normalized spacial score (nSPS) is 20.0. The Bertz CT molecular complexity index is 1290. The van der Waals surface area contributed by atoms with Gasteiger partial charge in [0.25, 0.3) is 5.82 Å². The summed E-state index contributed by atoms with van der Waals surface area (Å²) in [6.45, 7) is 0. The van der Waals surface area contributed by atoms with Crippen LogP contribution < -0.4 is 10.1 Å². The summed E-state index contributed by atoms with van der Waals surface area (Å²) < 4.78 is 74.1. The number of allylic oxidation sites excluding steroid dienone is 2. The maximum Gasteiger partial charge on any atom is 0.453 e. The minimum absolute atomic E-state index is 0.0392. The Kier molecular flexibility index (Phi) is 5.14. The van der Waals surface area contributed by atoms with Gasteiger partial charge in [-0.1, -0.05) is 12.1 Å². The molecule has 2 aliphatic rings. The summed E-state index contributed by atoms with van der Waals surface area (Å²) in [7, 11) is 1.53. The van der Waals surface area contributed by atoms with Crippen LogP contribution in [-0.2, 0) is 11.0 Å². The molecular formula is C23H17F5N4O2. The number of ether oxygens (including phenoxy) is 1. The van der Waals surface area contributed by atoms with E-state index in [0.717, 1.165) is 22.4 Å². The van der Waals surface area contributed by atoms with Gasteiger partial charge in [0.05, 0.1) is 7.11 Å². The molecule has 2 aromatic carbocycles. The minimum Gasteiger partial charge on any atom is -0.497 e. The van der Waals surface area contributed by atoms with Crippen LogP contribution >= 0.6 is 0 Å². The highest BCUT2D eigenvalue weighted by Crippen LogP contribution is 2.45. The van der Waals surface area contributed by atoms with E-state index in [1.807, 2.05) is 12.1 Å². The number of fused-ring (bicyclic) bond motifs is 1. The van der Waals surface area contributed by atoms with Crippen molar-refractivity contribution in [2.75, 3.05) is 12.4 Å². The van der Waals surface area contributed by atoms with Crippen LogP contribution in [0.5, 0.6) is 5.75 Å². The molecule has 2 heterocycles. The largest absolute Gasteiger partial charge is 0.497 e. The summed E-state index contributed by atoms with van der Waals surface area (Å²) in [4.78, 5) is 16.9. The Hall–Kier alpha value is -3.76. The molecule has 34 heavy (non-hydrogen) atoms. The highest BCUT2D eigenvalue weighted by Gasteiger charge is 2.43. The molecule has 3 aromatic rings. The SMILES string of the molecule is COc1ccc([C@H]2CC(=O)C3=C(C2)Nc2nc(C(F)(F)F)nn2[C@@H]3c2cc(F)cc(F)c2)cc1. The lowest BCUT2D eigenvalue weighted by Gasteiger charge is -2.35. The lowest BCUT2D eigenvalue weighted by molar-refractivity contribution is -0.145. The number of rotatable bonds is 3. The van der Waals surface area contributed by atoms with Gasteiger partial charge in [0.1, 0.15) is 23.4 Å². The molecule has 1 aliphatic carbocycles. The molecule has 0 unspecified atom stereocenters. The zero-order valence-electron chi connectivity index (χ0n) is 17.7. The van der Waals surface area contributed by atoms with Gasteiger partial charge in [0.15, 0.2) is 5.78 Å². The minimum atomic E-state index is -4.85. The van der Waals surface area contributed by atoms with Gasteiger partial charge in [0.2, 0.25) is 5.95 Å². The second kappa shape index (κ2) is 7.93. The van der Waals surface area contributed by atoms with Crippen molar-refractivity contribution in [3.05, 3.63) is 82.3 Å². The molecule has 0 radical (unpaired) electrons. The summed E-state index contributed by atoms with van der Waals surface area (Å²) in [5.74, 6) is -3.51. The standard InChI is InChI=1S/C23H17F5N4O2/c1-34-16-4-2-11(3-5-16)12-8-17-19(18(33)9-12)20(13-6-14(24)10-15(25)7-13)32-22(29-17)30-21(31-32)23(26,27)28/h2-7,10,12,20H,8-9H2,1H3,(H,29,30,31)/t12-,20-/m1/s1. The van der Waals surface area contributed by atoms with E-state index in [0.29, 0.717) is 17.5 Å². The second-order valence-electron chi connectivity index (χ2n) is 8.13. The summed E-state index contributed by atoms with van der Waals surface area (Å²) in [6, 6.07) is 8.47. The molecule has 0 fully saturated rings. The molecule has 5 rings (SSSR count). The lowest BCUT2D eigenvalue weighted by Crippen LogP contribution is -2.33. The van der Waals surface area contributed by atoms with E-state index in [9.17, 15) is 26.7 Å². The van der Waals surface area contributed by atoms with Crippen molar-refractivity contribution in [2.24, 2.45) is 0 Å². The van der Waals surface area contributed by atoms with Crippen molar-refractivity contribution in [2.45, 2.75) is 31.0 Å². The van der Waals surface area contributed by atoms with E-state index in [1.165, 1.54) is 7.11 Å². The zero-order valence-corrected chi connectivity index (χ0v) is 17.7. The van der Waals surface area contributed by atoms with E-state index in [1.54, 1.807) is 12.1 Å². The predicted octanol–water partition coefficient (Wildman–Crippen LogP) is 5.00. The Balaban J connectivity index is 1.62. The van der Waals surface area contributed by atoms with Crippen LogP contribution in [0, 0.1) is 11.6 Å². The van der Waals surface area contributed by atoms with Crippen LogP contribution in [0.25, 0.3) is 0 Å². The van der Waals surface area contributed by atoms with Crippen molar-refractivity contribution in [1.29, 1.82) is 0 Å². The van der Waals surface area contributed by atoms with E-state index in [-0.39, 0.29) is 41.6 Å². The molecule has 1 aromatic heterocycles. The Labute approximate surface area is 190 Å². The summed E-state index contributed by atoms with van der Waals surface area (Å²) >= 11 is 0. The van der Waals surface area contributed by atoms with Gasteiger partial charge in [-0.15, -0.1) is 5.10 Å². The fourth-order valence-corrected chi connectivity index (χ4v) is 4.49. The number of methoxy groups -OCH3 is 1. The number of carbonyl (C=O) groups is 1. The van der Waals surface area contributed by atoms with Crippen molar-refractivity contribution in [1.82, 2.24) is 14.8 Å². The van der Waals surface area contributed by atoms with E-state index in [4.69, 9.17) is 4.74 Å². The number of hydrogen-bond donors (Lipinski definition) is 1. The molecule has 0 spiro atoms. The number of aromatic nitrogens is 3. The maximum atomic E-state index is 14.0. The molecule has 0 amide bonds. The first-order valence-corrected chi connectivity index (χ1v) is 10.3. The number of anilines is 1. The van der Waals surface area contributed by atoms with Gasteiger partial charge >= 0.3 is 6.18 Å². The van der Waals surface area contributed by atoms with Crippen LogP contribution in [0.3, 0.4) is 0 Å². The number of carbonyl (C=O) groups excluding carboxylic acids is 1. The Morgan fingerprint density at radius 2 is 1.71 bits per heavy atom. The van der Waals surface area contributed by atoms with Crippen LogP contribution in [0.1, 0.15) is 41.8 Å². The van der Waals surface area contributed by atoms with Gasteiger partial charge in [-0.3, -0.25) is 4.79 Å². The smallest absolute Gasteiger partial charge is 0.453 e. The van der Waals surface area contributed by atoms with Crippen LogP contribution in [0.4, 0.5) is 27.9 Å². The Morgan fingerprint density at radius 1 is 1.03 bits per heavy atom. The lowest BCUT2D eigenvalue weighted by atomic mass is 9.78. The van der Waals surface area contributed by atoms with Crippen molar-refractivity contribution in [3.63, 3.8) is 0 Å². The third-order valence-electron chi connectivity index (χ3n) is 5.96. The first-order chi connectivity index (χ1) is 16.1. The summed E-state index contributed by atoms with van der Waals surface area (Å²) in [5, 5.41) is 6.34. The number of halogens is 5. The third-order valence-corrected chi connectivity index (χ3v) is 5.96. The van der Waals surface area contributed by atoms with E-state index >= 15 is 0 Å². The first-order valence-electron chi connectivity index (χ1n) is 10.3. The van der Waals surface area contributed by atoms with Crippen LogP contribution in [-0.4, -0.2) is 27.7 Å². The van der Waals surface area contributed by atoms with Crippen molar-refractivity contribution in [3.8, 4) is 5.75 Å². The number of alkyl halides is 3. The number of hydrogen-bond acceptors (Lipinski definition) is 5. The maximum absolute atomic E-state index is 14.0. The molecule has 1 N–H and O–H groups in total. The number of benzene rings is 2. The molecule has 6 nitrogen and oxygen atoms in total. The van der Waals surface area contributed by atoms with Gasteiger partial charge < -0.3 is 10.1 Å². The molecule has 11 heteroatoms. The topological polar surface area (TPSA) is 69.0 Å². The number of Topliss-reactive ketones (excluding diaryl/α,β-unsaturated/α-hetero) is 1. The molecule has 176 valence electrons. The van der Waals surface area contributed by atoms with Crippen molar-refractivity contribution < 1.29 is 31.5 Å². The summed E-state index contributed by atoms with van der Waals surface area (Å²) in [6.07, 6.45) is -4.49. The molecule has 1 aliphatic heterocycles. The van der Waals surface area contributed by atoms with E-state index < -0.39 is 29.7 Å². The number of nitrogens with zero attached hydrogens (tertiary/aromatic N) is 3. The molecule has 0 saturated heterocycles. The van der Waals surface area contributed by atoms with Crippen molar-refractivity contribution >= 4 is 11.7 Å². The fourth-order valence-electron chi connectivity index (χ4n) is 4.49. The molecule has 0 saturated carbocycles. The van der Waals surface area contributed by atoms with Gasteiger partial charge in [-0.2, -0.15) is 18.2 Å². The van der Waals surface area contributed by atoms with Crippen LogP contribution in [0.2, 0.25) is 0 Å².